The topological polar surface area (TPSA) is 94.6 Å². The predicted octanol–water partition coefficient (Wildman–Crippen LogP) is 3.32. The van der Waals surface area contributed by atoms with Crippen molar-refractivity contribution in [3.63, 3.8) is 0 Å². The van der Waals surface area contributed by atoms with E-state index in [1.165, 1.54) is 6.07 Å². The molecule has 0 spiro atoms. The number of amides is 3. The number of halogens is 1. The Hall–Kier alpha value is -3.85. The molecule has 2 aliphatic heterocycles. The number of carbonyl (C=O) groups is 3. The van der Waals surface area contributed by atoms with Crippen molar-refractivity contribution in [3.8, 4) is 0 Å². The minimum Gasteiger partial charge on any atom is -0.335 e. The van der Waals surface area contributed by atoms with E-state index in [-0.39, 0.29) is 41.2 Å². The highest BCUT2D eigenvalue weighted by Crippen LogP contribution is 2.35. The molecule has 9 heteroatoms. The zero-order valence-corrected chi connectivity index (χ0v) is 21.7. The molecule has 2 saturated heterocycles. The van der Waals surface area contributed by atoms with Crippen molar-refractivity contribution >= 4 is 28.6 Å². The summed E-state index contributed by atoms with van der Waals surface area (Å²) < 4.78 is 14.8. The summed E-state index contributed by atoms with van der Waals surface area (Å²) in [6, 6.07) is 16.0. The summed E-state index contributed by atoms with van der Waals surface area (Å²) in [6.45, 7) is 1.36. The first kappa shape index (κ1) is 25.4. The van der Waals surface area contributed by atoms with E-state index in [2.05, 4.69) is 15.8 Å². The first-order chi connectivity index (χ1) is 19.0. The first-order valence-corrected chi connectivity index (χ1v) is 13.8. The molecule has 2 aromatic carbocycles. The number of benzene rings is 2. The van der Waals surface area contributed by atoms with E-state index >= 15 is 0 Å². The van der Waals surface area contributed by atoms with E-state index in [9.17, 15) is 18.8 Å². The number of pyridine rings is 1. The van der Waals surface area contributed by atoms with Crippen LogP contribution in [0.2, 0.25) is 0 Å². The smallest absolute Gasteiger partial charge is 0.272 e. The quantitative estimate of drug-likeness (QED) is 0.541. The summed E-state index contributed by atoms with van der Waals surface area (Å²) in [5.41, 5.74) is 8.00. The molecular weight excluding hydrogens is 497 g/mol. The molecule has 3 fully saturated rings. The van der Waals surface area contributed by atoms with Crippen molar-refractivity contribution in [2.45, 2.75) is 38.1 Å². The number of para-hydroxylation sites is 1. The second-order valence-electron chi connectivity index (χ2n) is 10.8. The zero-order valence-electron chi connectivity index (χ0n) is 21.7. The number of hydrazine groups is 1. The van der Waals surface area contributed by atoms with Crippen LogP contribution in [-0.2, 0) is 11.2 Å². The van der Waals surface area contributed by atoms with Gasteiger partial charge in [0.2, 0.25) is 5.91 Å². The fourth-order valence-electron chi connectivity index (χ4n) is 6.28. The summed E-state index contributed by atoms with van der Waals surface area (Å²) in [5.74, 6) is -0.794. The molecule has 3 aliphatic rings. The summed E-state index contributed by atoms with van der Waals surface area (Å²) >= 11 is 0. The SMILES string of the molecule is O=C1NNC(Cc2ccc(F)c(C(=O)N3CCN(C(=O)c4ccc5ccccc5n4)CC3)c2)C2CCCCC12. The van der Waals surface area contributed by atoms with Gasteiger partial charge >= 0.3 is 0 Å². The average Bonchev–Trinajstić information content (AvgIpc) is 2.98. The van der Waals surface area contributed by atoms with E-state index in [1.807, 2.05) is 30.3 Å². The van der Waals surface area contributed by atoms with Gasteiger partial charge in [-0.1, -0.05) is 43.2 Å². The summed E-state index contributed by atoms with van der Waals surface area (Å²) in [7, 11) is 0. The lowest BCUT2D eigenvalue weighted by Crippen LogP contribution is -2.60. The van der Waals surface area contributed by atoms with Crippen molar-refractivity contribution < 1.29 is 18.8 Å². The third kappa shape index (κ3) is 5.11. The molecule has 6 rings (SSSR count). The van der Waals surface area contributed by atoms with E-state index in [4.69, 9.17) is 0 Å². The Balaban J connectivity index is 1.11. The molecule has 3 unspecified atom stereocenters. The molecule has 8 nitrogen and oxygen atoms in total. The van der Waals surface area contributed by atoms with Crippen LogP contribution < -0.4 is 10.9 Å². The molecule has 1 saturated carbocycles. The summed E-state index contributed by atoms with van der Waals surface area (Å²) in [6.07, 6.45) is 4.65. The Kier molecular flexibility index (Phi) is 6.99. The fraction of sp³-hybridized carbons (Fsp3) is 0.400. The normalized spacial score (nSPS) is 23.3. The minimum absolute atomic E-state index is 0.00960. The highest BCUT2D eigenvalue weighted by Gasteiger charge is 2.40. The summed E-state index contributed by atoms with van der Waals surface area (Å²) in [5, 5.41) is 0.969. The molecule has 3 amide bonds. The average molecular weight is 530 g/mol. The molecule has 1 aliphatic carbocycles. The van der Waals surface area contributed by atoms with Crippen LogP contribution in [0.5, 0.6) is 0 Å². The minimum atomic E-state index is -0.553. The molecule has 2 N–H and O–H groups in total. The second kappa shape index (κ2) is 10.7. The van der Waals surface area contributed by atoms with Gasteiger partial charge in [0, 0.05) is 43.5 Å². The Morgan fingerprint density at radius 1 is 0.923 bits per heavy atom. The second-order valence-corrected chi connectivity index (χ2v) is 10.8. The van der Waals surface area contributed by atoms with Gasteiger partial charge in [0.15, 0.2) is 0 Å². The fourth-order valence-corrected chi connectivity index (χ4v) is 6.28. The van der Waals surface area contributed by atoms with Gasteiger partial charge in [-0.05, 0) is 55.0 Å². The van der Waals surface area contributed by atoms with Crippen LogP contribution >= 0.6 is 0 Å². The van der Waals surface area contributed by atoms with Gasteiger partial charge < -0.3 is 9.80 Å². The number of hydrogen-bond acceptors (Lipinski definition) is 5. The van der Waals surface area contributed by atoms with E-state index in [1.54, 1.807) is 28.0 Å². The van der Waals surface area contributed by atoms with E-state index in [0.29, 0.717) is 38.3 Å². The molecule has 202 valence electrons. The van der Waals surface area contributed by atoms with Gasteiger partial charge in [-0.3, -0.25) is 19.8 Å². The Labute approximate surface area is 226 Å². The maximum Gasteiger partial charge on any atom is 0.272 e. The zero-order chi connectivity index (χ0) is 26.9. The lowest BCUT2D eigenvalue weighted by atomic mass is 9.72. The summed E-state index contributed by atoms with van der Waals surface area (Å²) in [4.78, 5) is 46.5. The highest BCUT2D eigenvalue weighted by atomic mass is 19.1. The van der Waals surface area contributed by atoms with Crippen LogP contribution in [0.1, 0.15) is 52.1 Å². The standard InChI is InChI=1S/C30H32FN5O3/c31-24-11-9-19(18-27-21-6-2-3-7-22(21)28(37)34-33-27)17-23(24)29(38)35-13-15-36(16-14-35)30(39)26-12-10-20-5-1-4-8-25(20)32-26/h1,4-5,8-12,17,21-22,27,33H,2-3,6-7,13-16,18H2,(H,34,37). The van der Waals surface area contributed by atoms with Crippen molar-refractivity contribution in [2.24, 2.45) is 11.8 Å². The van der Waals surface area contributed by atoms with Crippen molar-refractivity contribution in [3.05, 3.63) is 77.2 Å². The number of carbonyl (C=O) groups excluding carboxylic acids is 3. The molecule has 3 aromatic rings. The van der Waals surface area contributed by atoms with Crippen LogP contribution in [0.25, 0.3) is 10.9 Å². The van der Waals surface area contributed by atoms with Gasteiger partial charge in [-0.2, -0.15) is 0 Å². The molecule has 1 aromatic heterocycles. The van der Waals surface area contributed by atoms with Gasteiger partial charge in [-0.25, -0.2) is 14.8 Å². The largest absolute Gasteiger partial charge is 0.335 e. The highest BCUT2D eigenvalue weighted by molar-refractivity contribution is 5.96. The lowest BCUT2D eigenvalue weighted by Gasteiger charge is -2.41. The van der Waals surface area contributed by atoms with Gasteiger partial charge in [0.25, 0.3) is 11.8 Å². The number of fused-ring (bicyclic) bond motifs is 2. The molecule has 3 atom stereocenters. The molecule has 3 heterocycles. The van der Waals surface area contributed by atoms with Gasteiger partial charge in [0.1, 0.15) is 11.5 Å². The number of rotatable bonds is 4. The molecular formula is C30H32FN5O3. The third-order valence-electron chi connectivity index (χ3n) is 8.44. The van der Waals surface area contributed by atoms with Crippen LogP contribution in [-0.4, -0.2) is 64.7 Å². The van der Waals surface area contributed by atoms with Crippen LogP contribution in [0.4, 0.5) is 4.39 Å². The Bertz CT molecular complexity index is 1420. The van der Waals surface area contributed by atoms with Crippen LogP contribution in [0, 0.1) is 17.7 Å². The number of hydrogen-bond donors (Lipinski definition) is 2. The third-order valence-corrected chi connectivity index (χ3v) is 8.44. The van der Waals surface area contributed by atoms with Gasteiger partial charge in [0.05, 0.1) is 11.1 Å². The number of piperazine rings is 1. The van der Waals surface area contributed by atoms with Crippen LogP contribution in [0.3, 0.4) is 0 Å². The van der Waals surface area contributed by atoms with E-state index < -0.39 is 5.82 Å². The molecule has 0 radical (unpaired) electrons. The molecule has 0 bridgehead atoms. The van der Waals surface area contributed by atoms with Crippen molar-refractivity contribution in [2.75, 3.05) is 26.2 Å². The predicted molar refractivity (Wildman–Crippen MR) is 144 cm³/mol. The van der Waals surface area contributed by atoms with Crippen molar-refractivity contribution in [1.29, 1.82) is 0 Å². The maximum atomic E-state index is 14.8. The Morgan fingerprint density at radius 3 is 2.49 bits per heavy atom. The first-order valence-electron chi connectivity index (χ1n) is 13.8. The van der Waals surface area contributed by atoms with E-state index in [0.717, 1.165) is 42.1 Å². The van der Waals surface area contributed by atoms with Crippen molar-refractivity contribution in [1.82, 2.24) is 25.6 Å². The maximum absolute atomic E-state index is 14.8. The lowest BCUT2D eigenvalue weighted by molar-refractivity contribution is -0.133. The molecule has 39 heavy (non-hydrogen) atoms. The Morgan fingerprint density at radius 2 is 1.67 bits per heavy atom. The number of aromatic nitrogens is 1. The number of nitrogens with zero attached hydrogens (tertiary/aromatic N) is 3. The van der Waals surface area contributed by atoms with Crippen LogP contribution in [0.15, 0.2) is 54.6 Å². The number of nitrogens with one attached hydrogen (secondary N) is 2. The van der Waals surface area contributed by atoms with Gasteiger partial charge in [-0.15, -0.1) is 0 Å². The monoisotopic (exact) mass is 529 g/mol.